The van der Waals surface area contributed by atoms with Crippen LogP contribution in [-0.4, -0.2) is 4.57 Å². The summed E-state index contributed by atoms with van der Waals surface area (Å²) in [5.74, 6) is 0.876. The third-order valence-electron chi connectivity index (χ3n) is 3.82. The lowest BCUT2D eigenvalue weighted by molar-refractivity contribution is -0.00000530. The molecule has 0 aliphatic rings. The molecule has 4 rings (SSSR count). The van der Waals surface area contributed by atoms with Crippen LogP contribution in [-0.2, 0) is 6.54 Å². The number of para-hydroxylation sites is 1. The third kappa shape index (κ3) is 4.01. The maximum Gasteiger partial charge on any atom is 0.190 e. The maximum absolute atomic E-state index is 6.42. The molecule has 2 aromatic carbocycles. The molecule has 0 unspecified atom stereocenters. The fraction of sp³-hybridized carbons (Fsp3) is 0.0500. The molecule has 2 heterocycles. The van der Waals surface area contributed by atoms with Gasteiger partial charge in [-0.2, -0.15) is 0 Å². The molecule has 0 amide bonds. The topological polar surface area (TPSA) is 30.4 Å². The third-order valence-corrected chi connectivity index (χ3v) is 5.02. The molecule has 2 aromatic heterocycles. The van der Waals surface area contributed by atoms with Gasteiger partial charge < -0.3 is 26.0 Å². The van der Waals surface area contributed by atoms with Crippen LogP contribution in [0.15, 0.2) is 87.8 Å². The Bertz CT molecular complexity index is 1040. The molecule has 0 aliphatic carbocycles. The predicted octanol–water partition coefficient (Wildman–Crippen LogP) is 2.75. The Morgan fingerprint density at radius 3 is 2.46 bits per heavy atom. The van der Waals surface area contributed by atoms with Crippen molar-refractivity contribution < 1.29 is 21.4 Å². The van der Waals surface area contributed by atoms with Gasteiger partial charge in [-0.15, -0.1) is 11.3 Å². The highest BCUT2D eigenvalue weighted by atomic mass is 79.9. The monoisotopic (exact) mass is 445 g/mol. The Kier molecular flexibility index (Phi) is 6.14. The molecule has 0 N–H and O–H groups in total. The fourth-order valence-electron chi connectivity index (χ4n) is 2.63. The van der Waals surface area contributed by atoms with Gasteiger partial charge in [0, 0.05) is 16.0 Å². The summed E-state index contributed by atoms with van der Waals surface area (Å²) in [5.41, 5.74) is 2.94. The van der Waals surface area contributed by atoms with E-state index in [9.17, 15) is 0 Å². The second kappa shape index (κ2) is 8.54. The van der Waals surface area contributed by atoms with Crippen molar-refractivity contribution in [2.75, 3.05) is 0 Å². The van der Waals surface area contributed by atoms with Gasteiger partial charge in [0.2, 0.25) is 0 Å². The molecule has 0 fully saturated rings. The molecule has 0 saturated carbocycles. The van der Waals surface area contributed by atoms with E-state index >= 15 is 0 Å². The molecular formula is C20H15BrClN2OS-. The van der Waals surface area contributed by atoms with Crippen LogP contribution < -0.4 is 21.8 Å². The van der Waals surface area contributed by atoms with Crippen molar-refractivity contribution in [1.82, 2.24) is 4.57 Å². The van der Waals surface area contributed by atoms with Crippen molar-refractivity contribution in [2.45, 2.75) is 6.54 Å². The lowest BCUT2D eigenvalue weighted by Crippen LogP contribution is -3.00. The number of halogens is 2. The molecule has 3 nitrogen and oxygen atoms in total. The highest BCUT2D eigenvalue weighted by molar-refractivity contribution is 7.07. The molecular weight excluding hydrogens is 432 g/mol. The molecule has 132 valence electrons. The minimum atomic E-state index is 0. The summed E-state index contributed by atoms with van der Waals surface area (Å²) in [6.07, 6.45) is 1.69. The van der Waals surface area contributed by atoms with Crippen LogP contribution in [0, 0.1) is 0 Å². The van der Waals surface area contributed by atoms with Crippen LogP contribution in [0.1, 0.15) is 5.76 Å². The molecule has 6 heteroatoms. The second-order valence-corrected chi connectivity index (χ2v) is 6.74. The van der Waals surface area contributed by atoms with Crippen molar-refractivity contribution in [3.8, 4) is 11.3 Å². The fourth-order valence-corrected chi connectivity index (χ4v) is 3.78. The molecule has 0 atom stereocenters. The normalized spacial score (nSPS) is 11.3. The van der Waals surface area contributed by atoms with Crippen molar-refractivity contribution in [3.63, 3.8) is 0 Å². The molecule has 0 radical (unpaired) electrons. The lowest BCUT2D eigenvalue weighted by Gasteiger charge is -2.09. The first-order valence-corrected chi connectivity index (χ1v) is 9.12. The summed E-state index contributed by atoms with van der Waals surface area (Å²) < 4.78 is 7.68. The summed E-state index contributed by atoms with van der Waals surface area (Å²) >= 11 is 8.01. The van der Waals surface area contributed by atoms with Crippen molar-refractivity contribution in [3.05, 3.63) is 94.0 Å². The second-order valence-electron chi connectivity index (χ2n) is 5.50. The summed E-state index contributed by atoms with van der Waals surface area (Å²) in [6, 6.07) is 21.6. The number of nitrogens with zero attached hydrogens (tertiary/aromatic N) is 2. The first kappa shape index (κ1) is 18.7. The Labute approximate surface area is 171 Å². The van der Waals surface area contributed by atoms with E-state index in [4.69, 9.17) is 21.0 Å². The van der Waals surface area contributed by atoms with Crippen LogP contribution in [0.2, 0.25) is 5.02 Å². The van der Waals surface area contributed by atoms with Crippen LogP contribution in [0.25, 0.3) is 11.3 Å². The highest BCUT2D eigenvalue weighted by Gasteiger charge is 2.12. The highest BCUT2D eigenvalue weighted by Crippen LogP contribution is 2.28. The zero-order chi connectivity index (χ0) is 17.1. The van der Waals surface area contributed by atoms with Crippen molar-refractivity contribution in [1.29, 1.82) is 0 Å². The minimum Gasteiger partial charge on any atom is -1.00 e. The molecule has 0 bridgehead atoms. The first-order valence-electron chi connectivity index (χ1n) is 7.86. The summed E-state index contributed by atoms with van der Waals surface area (Å²) in [6.45, 7) is 0.600. The summed E-state index contributed by atoms with van der Waals surface area (Å²) in [7, 11) is 0. The van der Waals surface area contributed by atoms with Crippen molar-refractivity contribution in [2.24, 2.45) is 4.99 Å². The Hall–Kier alpha value is -2.08. The molecule has 0 spiro atoms. The van der Waals surface area contributed by atoms with Crippen LogP contribution >= 0.6 is 22.9 Å². The summed E-state index contributed by atoms with van der Waals surface area (Å²) in [4.78, 5) is 5.69. The number of thiazole rings is 1. The summed E-state index contributed by atoms with van der Waals surface area (Å²) in [5, 5.41) is 2.81. The van der Waals surface area contributed by atoms with Crippen LogP contribution in [0.5, 0.6) is 0 Å². The van der Waals surface area contributed by atoms with Gasteiger partial charge >= 0.3 is 0 Å². The van der Waals surface area contributed by atoms with Crippen LogP contribution in [0.3, 0.4) is 0 Å². The Morgan fingerprint density at radius 1 is 0.962 bits per heavy atom. The Morgan fingerprint density at radius 2 is 1.73 bits per heavy atom. The molecule has 0 saturated heterocycles. The van der Waals surface area contributed by atoms with E-state index in [-0.39, 0.29) is 17.0 Å². The van der Waals surface area contributed by atoms with Gasteiger partial charge in [0.05, 0.1) is 24.2 Å². The number of aromatic nitrogens is 1. The molecule has 26 heavy (non-hydrogen) atoms. The van der Waals surface area contributed by atoms with E-state index in [1.807, 2.05) is 66.7 Å². The molecule has 4 aromatic rings. The van der Waals surface area contributed by atoms with E-state index < -0.39 is 0 Å². The average Bonchev–Trinajstić information content (AvgIpc) is 3.28. The van der Waals surface area contributed by atoms with E-state index in [2.05, 4.69) is 9.95 Å². The van der Waals surface area contributed by atoms with Gasteiger partial charge in [-0.05, 0) is 30.3 Å². The van der Waals surface area contributed by atoms with E-state index in [0.717, 1.165) is 32.5 Å². The van der Waals surface area contributed by atoms with Gasteiger partial charge in [0.1, 0.15) is 5.76 Å². The van der Waals surface area contributed by atoms with Gasteiger partial charge in [0.15, 0.2) is 4.80 Å². The zero-order valence-electron chi connectivity index (χ0n) is 13.7. The maximum atomic E-state index is 6.42. The number of benzene rings is 2. The van der Waals surface area contributed by atoms with Crippen LogP contribution in [0.4, 0.5) is 5.69 Å². The first-order chi connectivity index (χ1) is 12.3. The average molecular weight is 447 g/mol. The van der Waals surface area contributed by atoms with Gasteiger partial charge in [-0.1, -0.05) is 48.0 Å². The van der Waals surface area contributed by atoms with Crippen molar-refractivity contribution >= 4 is 28.6 Å². The largest absolute Gasteiger partial charge is 1.00 e. The molecule has 0 aliphatic heterocycles. The smallest absolute Gasteiger partial charge is 0.190 e. The standard InChI is InChI=1S/C20H15ClN2OS.BrH/c21-18-11-5-4-10-17(18)19-14-25-20(22-15-7-2-1-3-8-15)23(19)13-16-9-6-12-24-16;/h1-12,14H,13H2;1H/p-1. The minimum absolute atomic E-state index is 0. The number of rotatable bonds is 4. The van der Waals surface area contributed by atoms with Gasteiger partial charge in [-0.3, -0.25) is 0 Å². The number of hydrogen-bond acceptors (Lipinski definition) is 3. The predicted molar refractivity (Wildman–Crippen MR) is 102 cm³/mol. The van der Waals surface area contributed by atoms with Gasteiger partial charge in [-0.25, -0.2) is 4.99 Å². The SMILES string of the molecule is Clc1ccccc1-c1csc(=Nc2ccccc2)n1Cc1ccco1.[Br-]. The quantitative estimate of drug-likeness (QED) is 0.474. The van der Waals surface area contributed by atoms with Gasteiger partial charge in [0.25, 0.3) is 0 Å². The Balaban J connectivity index is 0.00000196. The van der Waals surface area contributed by atoms with E-state index in [1.165, 1.54) is 0 Å². The zero-order valence-corrected chi connectivity index (χ0v) is 16.8. The number of furan rings is 1. The van der Waals surface area contributed by atoms with E-state index in [0.29, 0.717) is 6.54 Å². The lowest BCUT2D eigenvalue weighted by atomic mass is 10.1. The van der Waals surface area contributed by atoms with E-state index in [1.54, 1.807) is 17.6 Å². The number of hydrogen-bond donors (Lipinski definition) is 0.